The first kappa shape index (κ1) is 15.0. The lowest BCUT2D eigenvalue weighted by molar-refractivity contribution is 0.161. The number of aromatic nitrogens is 3. The molecular weight excluding hydrogens is 300 g/mol. The molecular formula is C19H20N4O. The zero-order valence-corrected chi connectivity index (χ0v) is 13.7. The smallest absolute Gasteiger partial charge is 0.245 e. The number of anilines is 1. The van der Waals surface area contributed by atoms with Crippen LogP contribution < -0.4 is 4.90 Å². The molecule has 0 unspecified atom stereocenters. The van der Waals surface area contributed by atoms with Crippen LogP contribution in [0.25, 0.3) is 22.0 Å². The maximum atomic E-state index is 5.27. The molecule has 3 aromatic rings. The number of hydrogen-bond acceptors (Lipinski definition) is 5. The summed E-state index contributed by atoms with van der Waals surface area (Å²) < 4.78 is 5.27. The van der Waals surface area contributed by atoms with Crippen LogP contribution in [0.3, 0.4) is 0 Å². The van der Waals surface area contributed by atoms with E-state index in [9.17, 15) is 0 Å². The number of fused-ring (bicyclic) bond motifs is 1. The second kappa shape index (κ2) is 6.53. The van der Waals surface area contributed by atoms with Crippen molar-refractivity contribution in [2.24, 2.45) is 5.92 Å². The molecule has 24 heavy (non-hydrogen) atoms. The summed E-state index contributed by atoms with van der Waals surface area (Å²) in [6.45, 7) is 2.66. The molecule has 1 saturated heterocycles. The van der Waals surface area contributed by atoms with Gasteiger partial charge < -0.3 is 9.64 Å². The lowest BCUT2D eigenvalue weighted by Gasteiger charge is -2.16. The third kappa shape index (κ3) is 2.83. The Labute approximate surface area is 141 Å². The van der Waals surface area contributed by atoms with Gasteiger partial charge in [-0.05, 0) is 17.2 Å². The zero-order valence-electron chi connectivity index (χ0n) is 13.7. The van der Waals surface area contributed by atoms with E-state index in [0.29, 0.717) is 11.9 Å². The van der Waals surface area contributed by atoms with Crippen LogP contribution in [-0.4, -0.2) is 42.0 Å². The van der Waals surface area contributed by atoms with Crippen molar-refractivity contribution in [2.75, 3.05) is 31.7 Å². The van der Waals surface area contributed by atoms with Gasteiger partial charge in [-0.1, -0.05) is 42.5 Å². The van der Waals surface area contributed by atoms with Crippen molar-refractivity contribution in [3.63, 3.8) is 0 Å². The Morgan fingerprint density at radius 1 is 1.17 bits per heavy atom. The van der Waals surface area contributed by atoms with E-state index < -0.39 is 0 Å². The van der Waals surface area contributed by atoms with E-state index in [1.54, 1.807) is 13.3 Å². The van der Waals surface area contributed by atoms with Gasteiger partial charge in [0.1, 0.15) is 0 Å². The fourth-order valence-corrected chi connectivity index (χ4v) is 3.39. The molecule has 1 aromatic heterocycles. The highest BCUT2D eigenvalue weighted by atomic mass is 16.5. The first-order valence-electron chi connectivity index (χ1n) is 8.27. The average molecular weight is 320 g/mol. The standard InChI is InChI=1S/C19H20N4O/c1-24-13-14-9-10-23(12-14)19-21-18(11-20-22-19)17-8-4-6-15-5-2-3-7-16(15)17/h2-8,11,14H,9-10,12-13H2,1H3/t14-/m0/s1. The molecule has 0 radical (unpaired) electrons. The third-order valence-electron chi connectivity index (χ3n) is 4.58. The summed E-state index contributed by atoms with van der Waals surface area (Å²) in [5.41, 5.74) is 1.96. The SMILES string of the molecule is COC[C@H]1CCN(c2nncc(-c3cccc4ccccc34)n2)C1. The van der Waals surface area contributed by atoms with Gasteiger partial charge in [0.2, 0.25) is 5.95 Å². The molecule has 1 aliphatic heterocycles. The minimum atomic E-state index is 0.541. The van der Waals surface area contributed by atoms with Crippen LogP contribution in [-0.2, 0) is 4.74 Å². The van der Waals surface area contributed by atoms with E-state index in [2.05, 4.69) is 57.6 Å². The Hall–Kier alpha value is -2.53. The summed E-state index contributed by atoms with van der Waals surface area (Å²) in [5.74, 6) is 1.25. The van der Waals surface area contributed by atoms with Gasteiger partial charge in [-0.25, -0.2) is 4.98 Å². The minimum Gasteiger partial charge on any atom is -0.384 e. The normalized spacial score (nSPS) is 17.5. The van der Waals surface area contributed by atoms with Crippen LogP contribution in [0.15, 0.2) is 48.7 Å². The van der Waals surface area contributed by atoms with Gasteiger partial charge in [0.15, 0.2) is 0 Å². The molecule has 1 aliphatic rings. The third-order valence-corrected chi connectivity index (χ3v) is 4.58. The lowest BCUT2D eigenvalue weighted by atomic mass is 10.0. The molecule has 1 fully saturated rings. The van der Waals surface area contributed by atoms with Crippen molar-refractivity contribution >= 4 is 16.7 Å². The zero-order chi connectivity index (χ0) is 16.4. The highest BCUT2D eigenvalue weighted by molar-refractivity contribution is 5.95. The Bertz CT molecular complexity index is 846. The summed E-state index contributed by atoms with van der Waals surface area (Å²) >= 11 is 0. The summed E-state index contributed by atoms with van der Waals surface area (Å²) in [7, 11) is 1.75. The van der Waals surface area contributed by atoms with Crippen LogP contribution in [0.2, 0.25) is 0 Å². The molecule has 2 heterocycles. The molecule has 0 aliphatic carbocycles. The Morgan fingerprint density at radius 2 is 2.04 bits per heavy atom. The van der Waals surface area contributed by atoms with Gasteiger partial charge >= 0.3 is 0 Å². The van der Waals surface area contributed by atoms with Crippen molar-refractivity contribution in [1.29, 1.82) is 0 Å². The predicted molar refractivity (Wildman–Crippen MR) is 95.0 cm³/mol. The second-order valence-corrected chi connectivity index (χ2v) is 6.22. The van der Waals surface area contributed by atoms with Gasteiger partial charge in [0, 0.05) is 31.7 Å². The molecule has 0 spiro atoms. The summed E-state index contributed by atoms with van der Waals surface area (Å²) in [4.78, 5) is 6.98. The molecule has 4 rings (SSSR count). The summed E-state index contributed by atoms with van der Waals surface area (Å²) in [6, 6.07) is 14.6. The number of ether oxygens (including phenoxy) is 1. The van der Waals surface area contributed by atoms with E-state index in [4.69, 9.17) is 9.72 Å². The average Bonchev–Trinajstić information content (AvgIpc) is 3.10. The van der Waals surface area contributed by atoms with Gasteiger partial charge in [-0.15, -0.1) is 5.10 Å². The highest BCUT2D eigenvalue weighted by Gasteiger charge is 2.24. The van der Waals surface area contributed by atoms with E-state index in [1.807, 2.05) is 0 Å². The molecule has 0 amide bonds. The topological polar surface area (TPSA) is 51.1 Å². The summed E-state index contributed by atoms with van der Waals surface area (Å²) in [5, 5.41) is 10.8. The van der Waals surface area contributed by atoms with Crippen molar-refractivity contribution < 1.29 is 4.74 Å². The van der Waals surface area contributed by atoms with Gasteiger partial charge in [0.05, 0.1) is 18.5 Å². The number of methoxy groups -OCH3 is 1. The second-order valence-electron chi connectivity index (χ2n) is 6.22. The fraction of sp³-hybridized carbons (Fsp3) is 0.316. The van der Waals surface area contributed by atoms with E-state index >= 15 is 0 Å². The maximum Gasteiger partial charge on any atom is 0.245 e. The van der Waals surface area contributed by atoms with Crippen molar-refractivity contribution in [3.8, 4) is 11.3 Å². The first-order valence-corrected chi connectivity index (χ1v) is 8.27. The van der Waals surface area contributed by atoms with Gasteiger partial charge in [0.25, 0.3) is 0 Å². The van der Waals surface area contributed by atoms with Gasteiger partial charge in [-0.2, -0.15) is 5.10 Å². The Morgan fingerprint density at radius 3 is 2.96 bits per heavy atom. The molecule has 0 saturated carbocycles. The Kier molecular flexibility index (Phi) is 4.09. The number of benzene rings is 2. The van der Waals surface area contributed by atoms with Crippen LogP contribution in [0, 0.1) is 5.92 Å². The molecule has 122 valence electrons. The van der Waals surface area contributed by atoms with Crippen LogP contribution in [0.5, 0.6) is 0 Å². The fourth-order valence-electron chi connectivity index (χ4n) is 3.39. The quantitative estimate of drug-likeness (QED) is 0.739. The van der Waals surface area contributed by atoms with Crippen molar-refractivity contribution in [3.05, 3.63) is 48.7 Å². The van der Waals surface area contributed by atoms with Crippen LogP contribution in [0.1, 0.15) is 6.42 Å². The Balaban J connectivity index is 1.68. The van der Waals surface area contributed by atoms with E-state index in [-0.39, 0.29) is 0 Å². The molecule has 5 nitrogen and oxygen atoms in total. The summed E-state index contributed by atoms with van der Waals surface area (Å²) in [6.07, 6.45) is 2.85. The predicted octanol–water partition coefficient (Wildman–Crippen LogP) is 3.16. The molecule has 0 N–H and O–H groups in total. The molecule has 5 heteroatoms. The monoisotopic (exact) mass is 320 g/mol. The minimum absolute atomic E-state index is 0.541. The number of hydrogen-bond donors (Lipinski definition) is 0. The van der Waals surface area contributed by atoms with Crippen LogP contribution in [0.4, 0.5) is 5.95 Å². The maximum absolute atomic E-state index is 5.27. The van der Waals surface area contributed by atoms with Crippen molar-refractivity contribution in [2.45, 2.75) is 6.42 Å². The van der Waals surface area contributed by atoms with E-state index in [0.717, 1.165) is 37.4 Å². The highest BCUT2D eigenvalue weighted by Crippen LogP contribution is 2.28. The number of nitrogens with zero attached hydrogens (tertiary/aromatic N) is 4. The first-order chi connectivity index (χ1) is 11.8. The largest absolute Gasteiger partial charge is 0.384 e. The van der Waals surface area contributed by atoms with Crippen molar-refractivity contribution in [1.82, 2.24) is 15.2 Å². The molecule has 1 atom stereocenters. The van der Waals surface area contributed by atoms with E-state index in [1.165, 1.54) is 10.8 Å². The number of rotatable bonds is 4. The molecule has 2 aromatic carbocycles. The van der Waals surface area contributed by atoms with Gasteiger partial charge in [-0.3, -0.25) is 0 Å². The van der Waals surface area contributed by atoms with Crippen LogP contribution >= 0.6 is 0 Å². The molecule has 0 bridgehead atoms. The lowest BCUT2D eigenvalue weighted by Crippen LogP contribution is -2.23.